The summed E-state index contributed by atoms with van der Waals surface area (Å²) in [6.07, 6.45) is 6.91. The van der Waals surface area contributed by atoms with Gasteiger partial charge in [0, 0.05) is 6.54 Å². The number of alkyl carbamates (subject to hydrolysis) is 1. The van der Waals surface area contributed by atoms with Gasteiger partial charge in [-0.1, -0.05) is 32.6 Å². The fourth-order valence-electron chi connectivity index (χ4n) is 1.72. The summed E-state index contributed by atoms with van der Waals surface area (Å²) in [5.74, 6) is 0. The highest BCUT2D eigenvalue weighted by Crippen LogP contribution is 2.02. The van der Waals surface area contributed by atoms with Crippen molar-refractivity contribution in [1.29, 1.82) is 0 Å². The molecule has 0 aliphatic heterocycles. The lowest BCUT2D eigenvalue weighted by Gasteiger charge is -2.09. The molecule has 1 unspecified atom stereocenters. The van der Waals surface area contributed by atoms with E-state index in [1.165, 1.54) is 19.3 Å². The molecule has 0 aliphatic rings. The number of unbranched alkanes of at least 4 members (excludes halogenated alkanes) is 5. The normalized spacial score (nSPS) is 11.7. The molecule has 0 aliphatic carbocycles. The first-order valence-corrected chi connectivity index (χ1v) is 7.46. The van der Waals surface area contributed by atoms with Crippen molar-refractivity contribution in [3.05, 3.63) is 0 Å². The largest absolute Gasteiger partial charge is 0.450 e. The molecular formula is C14H28N2O4. The zero-order valence-electron chi connectivity index (χ0n) is 12.4. The summed E-state index contributed by atoms with van der Waals surface area (Å²) < 4.78 is 9.59. The van der Waals surface area contributed by atoms with Gasteiger partial charge < -0.3 is 14.8 Å². The summed E-state index contributed by atoms with van der Waals surface area (Å²) in [5.41, 5.74) is 5.48. The molecule has 1 atom stereocenters. The van der Waals surface area contributed by atoms with Crippen molar-refractivity contribution in [3.63, 3.8) is 0 Å². The number of rotatable bonds is 13. The SMILES string of the molecule is CCCCCCCOC(=O)NCCCCC(N)OC=O. The maximum absolute atomic E-state index is 11.3. The summed E-state index contributed by atoms with van der Waals surface area (Å²) in [6, 6.07) is 0. The fraction of sp³-hybridized carbons (Fsp3) is 0.857. The molecule has 20 heavy (non-hydrogen) atoms. The van der Waals surface area contributed by atoms with Gasteiger partial charge in [0.1, 0.15) is 0 Å². The molecule has 0 bridgehead atoms. The minimum atomic E-state index is -0.553. The van der Waals surface area contributed by atoms with Crippen molar-refractivity contribution in [3.8, 4) is 0 Å². The summed E-state index contributed by atoms with van der Waals surface area (Å²) in [4.78, 5) is 21.3. The van der Waals surface area contributed by atoms with Crippen molar-refractivity contribution in [2.75, 3.05) is 13.2 Å². The molecule has 6 nitrogen and oxygen atoms in total. The van der Waals surface area contributed by atoms with E-state index in [1.807, 2.05) is 0 Å². The third-order valence-corrected chi connectivity index (χ3v) is 2.90. The van der Waals surface area contributed by atoms with Crippen molar-refractivity contribution < 1.29 is 19.1 Å². The van der Waals surface area contributed by atoms with Gasteiger partial charge in [-0.15, -0.1) is 0 Å². The van der Waals surface area contributed by atoms with Crippen LogP contribution in [-0.4, -0.2) is 31.9 Å². The van der Waals surface area contributed by atoms with E-state index < -0.39 is 6.23 Å². The Kier molecular flexibility index (Phi) is 13.2. The number of ether oxygens (including phenoxy) is 2. The van der Waals surface area contributed by atoms with Gasteiger partial charge in [0.05, 0.1) is 6.61 Å². The second kappa shape index (κ2) is 14.1. The molecule has 0 saturated heterocycles. The van der Waals surface area contributed by atoms with Gasteiger partial charge >= 0.3 is 6.09 Å². The molecule has 0 aromatic heterocycles. The van der Waals surface area contributed by atoms with Crippen LogP contribution in [0.3, 0.4) is 0 Å². The zero-order valence-corrected chi connectivity index (χ0v) is 12.4. The van der Waals surface area contributed by atoms with Gasteiger partial charge in [0.15, 0.2) is 6.23 Å². The van der Waals surface area contributed by atoms with Crippen molar-refractivity contribution in [1.82, 2.24) is 5.32 Å². The third kappa shape index (κ3) is 13.1. The van der Waals surface area contributed by atoms with E-state index >= 15 is 0 Å². The lowest BCUT2D eigenvalue weighted by atomic mass is 10.2. The standard InChI is InChI=1S/C14H28N2O4/c1-2-3-4-5-8-11-19-14(18)16-10-7-6-9-13(15)20-12-17/h12-13H,2-11,15H2,1H3,(H,16,18). The first kappa shape index (κ1) is 18.7. The van der Waals surface area contributed by atoms with Crippen LogP contribution in [0.2, 0.25) is 0 Å². The Labute approximate surface area is 121 Å². The van der Waals surface area contributed by atoms with E-state index in [0.29, 0.717) is 26.0 Å². The van der Waals surface area contributed by atoms with Gasteiger partial charge in [0.2, 0.25) is 0 Å². The van der Waals surface area contributed by atoms with E-state index in [2.05, 4.69) is 17.0 Å². The number of hydrogen-bond acceptors (Lipinski definition) is 5. The zero-order chi connectivity index (χ0) is 15.1. The fourth-order valence-corrected chi connectivity index (χ4v) is 1.72. The first-order valence-electron chi connectivity index (χ1n) is 7.46. The number of nitrogens with one attached hydrogen (secondary N) is 1. The number of carbonyl (C=O) groups excluding carboxylic acids is 2. The Morgan fingerprint density at radius 1 is 1.20 bits per heavy atom. The summed E-state index contributed by atoms with van der Waals surface area (Å²) in [7, 11) is 0. The Morgan fingerprint density at radius 3 is 2.65 bits per heavy atom. The molecule has 0 fully saturated rings. The van der Waals surface area contributed by atoms with Gasteiger partial charge in [-0.3, -0.25) is 10.5 Å². The molecule has 0 heterocycles. The van der Waals surface area contributed by atoms with E-state index in [-0.39, 0.29) is 6.09 Å². The van der Waals surface area contributed by atoms with Crippen LogP contribution >= 0.6 is 0 Å². The van der Waals surface area contributed by atoms with Crippen LogP contribution in [0.5, 0.6) is 0 Å². The van der Waals surface area contributed by atoms with Crippen LogP contribution in [0, 0.1) is 0 Å². The summed E-state index contributed by atoms with van der Waals surface area (Å²) in [6.45, 7) is 3.54. The molecule has 0 radical (unpaired) electrons. The average molecular weight is 288 g/mol. The molecule has 0 aromatic carbocycles. The molecule has 6 heteroatoms. The Bertz CT molecular complexity index is 249. The smallest absolute Gasteiger partial charge is 0.407 e. The van der Waals surface area contributed by atoms with Gasteiger partial charge in [-0.25, -0.2) is 4.79 Å². The molecule has 0 rings (SSSR count). The third-order valence-electron chi connectivity index (χ3n) is 2.90. The Hall–Kier alpha value is -1.30. The van der Waals surface area contributed by atoms with Crippen molar-refractivity contribution in [2.45, 2.75) is 64.5 Å². The summed E-state index contributed by atoms with van der Waals surface area (Å²) >= 11 is 0. The lowest BCUT2D eigenvalue weighted by Crippen LogP contribution is -2.27. The lowest BCUT2D eigenvalue weighted by molar-refractivity contribution is -0.133. The minimum absolute atomic E-state index is 0.348. The molecule has 0 spiro atoms. The number of carbonyl (C=O) groups is 2. The van der Waals surface area contributed by atoms with E-state index in [4.69, 9.17) is 10.5 Å². The molecule has 0 aromatic rings. The topological polar surface area (TPSA) is 90.7 Å². The monoisotopic (exact) mass is 288 g/mol. The number of amides is 1. The Balaban J connectivity index is 3.26. The highest BCUT2D eigenvalue weighted by molar-refractivity contribution is 5.66. The quantitative estimate of drug-likeness (QED) is 0.308. The maximum Gasteiger partial charge on any atom is 0.407 e. The van der Waals surface area contributed by atoms with Crippen LogP contribution in [0.1, 0.15) is 58.3 Å². The second-order valence-corrected chi connectivity index (χ2v) is 4.74. The van der Waals surface area contributed by atoms with Gasteiger partial charge in [-0.05, 0) is 25.7 Å². The molecule has 0 saturated carbocycles. The maximum atomic E-state index is 11.3. The van der Waals surface area contributed by atoms with Gasteiger partial charge in [0.25, 0.3) is 6.47 Å². The molecule has 118 valence electrons. The number of hydrogen-bond donors (Lipinski definition) is 2. The van der Waals surface area contributed by atoms with Crippen molar-refractivity contribution in [2.24, 2.45) is 5.73 Å². The van der Waals surface area contributed by atoms with E-state index in [1.54, 1.807) is 0 Å². The molecule has 3 N–H and O–H groups in total. The highest BCUT2D eigenvalue weighted by Gasteiger charge is 2.03. The first-order chi connectivity index (χ1) is 9.70. The van der Waals surface area contributed by atoms with E-state index in [0.717, 1.165) is 25.7 Å². The van der Waals surface area contributed by atoms with Crippen LogP contribution in [0.25, 0.3) is 0 Å². The number of nitrogens with two attached hydrogens (primary N) is 1. The van der Waals surface area contributed by atoms with Crippen LogP contribution < -0.4 is 11.1 Å². The predicted octanol–water partition coefficient (Wildman–Crippen LogP) is 2.31. The van der Waals surface area contributed by atoms with Crippen LogP contribution in [-0.2, 0) is 14.3 Å². The molecular weight excluding hydrogens is 260 g/mol. The van der Waals surface area contributed by atoms with Crippen LogP contribution in [0.4, 0.5) is 4.79 Å². The van der Waals surface area contributed by atoms with E-state index in [9.17, 15) is 9.59 Å². The predicted molar refractivity (Wildman–Crippen MR) is 77.1 cm³/mol. The Morgan fingerprint density at radius 2 is 1.95 bits per heavy atom. The molecule has 1 amide bonds. The minimum Gasteiger partial charge on any atom is -0.450 e. The highest BCUT2D eigenvalue weighted by atomic mass is 16.5. The summed E-state index contributed by atoms with van der Waals surface area (Å²) in [5, 5.41) is 2.68. The average Bonchev–Trinajstić information content (AvgIpc) is 2.42. The van der Waals surface area contributed by atoms with Crippen molar-refractivity contribution >= 4 is 12.6 Å². The van der Waals surface area contributed by atoms with Crippen LogP contribution in [0.15, 0.2) is 0 Å². The second-order valence-electron chi connectivity index (χ2n) is 4.74. The van der Waals surface area contributed by atoms with Gasteiger partial charge in [-0.2, -0.15) is 0 Å².